The van der Waals surface area contributed by atoms with Crippen LogP contribution in [0.5, 0.6) is 5.75 Å². The maximum Gasteiger partial charge on any atom is 0.259 e. The zero-order valence-corrected chi connectivity index (χ0v) is 16.9. The first-order valence-corrected chi connectivity index (χ1v) is 10.6. The number of aromatic nitrogens is 3. The Bertz CT molecular complexity index is 1200. The standard InChI is InChI=1S/C19H21N5O4S/c1-13-4-5-15(25)16(12-13)29(27,28)23-10-8-22(9-11-23)19(26)17-14(2)21-24-7-3-6-20-18(17)24/h3-7,12,25H,8-11H2,1-2H3. The first-order valence-electron chi connectivity index (χ1n) is 9.18. The SMILES string of the molecule is Cc1ccc(O)c(S(=O)(=O)N2CCN(C(=O)c3c(C)nn4cccnc34)CC2)c1. The minimum atomic E-state index is -3.84. The molecule has 3 aromatic rings. The molecular formula is C19H21N5O4S. The second-order valence-electron chi connectivity index (χ2n) is 7.02. The Kier molecular flexibility index (Phi) is 4.75. The Morgan fingerprint density at radius 3 is 2.59 bits per heavy atom. The third-order valence-electron chi connectivity index (χ3n) is 5.04. The average Bonchev–Trinajstić information content (AvgIpc) is 3.05. The van der Waals surface area contributed by atoms with Crippen molar-refractivity contribution in [1.29, 1.82) is 0 Å². The normalized spacial score (nSPS) is 15.7. The van der Waals surface area contributed by atoms with Crippen LogP contribution in [-0.4, -0.2) is 69.4 Å². The molecular weight excluding hydrogens is 394 g/mol. The summed E-state index contributed by atoms with van der Waals surface area (Å²) in [7, 11) is -3.84. The maximum absolute atomic E-state index is 13.0. The Balaban J connectivity index is 1.54. The molecule has 0 aliphatic carbocycles. The number of phenols is 1. The summed E-state index contributed by atoms with van der Waals surface area (Å²) in [5, 5.41) is 14.3. The van der Waals surface area contributed by atoms with E-state index in [9.17, 15) is 18.3 Å². The molecule has 1 aliphatic rings. The number of carbonyl (C=O) groups excluding carboxylic acids is 1. The van der Waals surface area contributed by atoms with E-state index in [1.165, 1.54) is 16.4 Å². The van der Waals surface area contributed by atoms with Gasteiger partial charge in [-0.1, -0.05) is 6.07 Å². The highest BCUT2D eigenvalue weighted by atomic mass is 32.2. The number of nitrogens with zero attached hydrogens (tertiary/aromatic N) is 5. The van der Waals surface area contributed by atoms with E-state index < -0.39 is 10.0 Å². The van der Waals surface area contributed by atoms with Crippen molar-refractivity contribution in [1.82, 2.24) is 23.8 Å². The second-order valence-corrected chi connectivity index (χ2v) is 8.92. The Labute approximate surface area is 168 Å². The fourth-order valence-corrected chi connectivity index (χ4v) is 5.09. The molecule has 1 aliphatic heterocycles. The first-order chi connectivity index (χ1) is 13.8. The van der Waals surface area contributed by atoms with Crippen LogP contribution in [0.3, 0.4) is 0 Å². The second kappa shape index (κ2) is 7.12. The summed E-state index contributed by atoms with van der Waals surface area (Å²) in [4.78, 5) is 18.8. The van der Waals surface area contributed by atoms with Crippen molar-refractivity contribution in [3.8, 4) is 5.75 Å². The van der Waals surface area contributed by atoms with Gasteiger partial charge in [0.25, 0.3) is 5.91 Å². The van der Waals surface area contributed by atoms with Crippen LogP contribution in [-0.2, 0) is 10.0 Å². The van der Waals surface area contributed by atoms with Gasteiger partial charge in [-0.3, -0.25) is 4.79 Å². The number of sulfonamides is 1. The monoisotopic (exact) mass is 415 g/mol. The lowest BCUT2D eigenvalue weighted by molar-refractivity contribution is 0.0698. The van der Waals surface area contributed by atoms with Crippen LogP contribution in [0.25, 0.3) is 5.65 Å². The number of phenolic OH excluding ortho intramolecular Hbond substituents is 1. The van der Waals surface area contributed by atoms with Crippen molar-refractivity contribution in [2.24, 2.45) is 0 Å². The van der Waals surface area contributed by atoms with E-state index in [1.807, 2.05) is 0 Å². The van der Waals surface area contributed by atoms with Crippen molar-refractivity contribution in [2.75, 3.05) is 26.2 Å². The highest BCUT2D eigenvalue weighted by molar-refractivity contribution is 7.89. The molecule has 29 heavy (non-hydrogen) atoms. The van der Waals surface area contributed by atoms with E-state index in [1.54, 1.807) is 47.8 Å². The molecule has 0 unspecified atom stereocenters. The molecule has 3 heterocycles. The van der Waals surface area contributed by atoms with E-state index in [4.69, 9.17) is 0 Å². The molecule has 0 atom stereocenters. The molecule has 1 saturated heterocycles. The van der Waals surface area contributed by atoms with Crippen molar-refractivity contribution in [3.05, 3.63) is 53.5 Å². The fourth-order valence-electron chi connectivity index (χ4n) is 3.50. The minimum absolute atomic E-state index is 0.111. The number of benzene rings is 1. The molecule has 1 amide bonds. The predicted molar refractivity (Wildman–Crippen MR) is 105 cm³/mol. The number of piperazine rings is 1. The van der Waals surface area contributed by atoms with Gasteiger partial charge in [0.05, 0.1) is 5.69 Å². The highest BCUT2D eigenvalue weighted by Gasteiger charge is 2.33. The minimum Gasteiger partial charge on any atom is -0.507 e. The van der Waals surface area contributed by atoms with Crippen LogP contribution in [0.2, 0.25) is 0 Å². The van der Waals surface area contributed by atoms with Crippen molar-refractivity contribution < 1.29 is 18.3 Å². The van der Waals surface area contributed by atoms with Gasteiger partial charge in [-0.25, -0.2) is 17.9 Å². The summed E-state index contributed by atoms with van der Waals surface area (Å²) in [5.74, 6) is -0.492. The van der Waals surface area contributed by atoms with E-state index in [0.717, 1.165) is 5.56 Å². The Morgan fingerprint density at radius 1 is 1.14 bits per heavy atom. The topological polar surface area (TPSA) is 108 Å². The molecule has 9 nitrogen and oxygen atoms in total. The summed E-state index contributed by atoms with van der Waals surface area (Å²) in [5.41, 5.74) is 2.23. The van der Waals surface area contributed by atoms with Gasteiger partial charge < -0.3 is 10.0 Å². The van der Waals surface area contributed by atoms with Crippen LogP contribution in [0.15, 0.2) is 41.6 Å². The van der Waals surface area contributed by atoms with Crippen LogP contribution < -0.4 is 0 Å². The summed E-state index contributed by atoms with van der Waals surface area (Å²) in [6.07, 6.45) is 3.33. The van der Waals surface area contributed by atoms with Gasteiger partial charge in [-0.05, 0) is 37.6 Å². The van der Waals surface area contributed by atoms with E-state index in [0.29, 0.717) is 16.9 Å². The average molecular weight is 415 g/mol. The number of fused-ring (bicyclic) bond motifs is 1. The third kappa shape index (κ3) is 3.34. The van der Waals surface area contributed by atoms with Crippen molar-refractivity contribution in [3.63, 3.8) is 0 Å². The van der Waals surface area contributed by atoms with Crippen LogP contribution in [0, 0.1) is 13.8 Å². The van der Waals surface area contributed by atoms with Crippen LogP contribution >= 0.6 is 0 Å². The third-order valence-corrected chi connectivity index (χ3v) is 6.97. The van der Waals surface area contributed by atoms with Gasteiger partial charge in [0, 0.05) is 38.6 Å². The maximum atomic E-state index is 13.0. The molecule has 0 radical (unpaired) electrons. The smallest absolute Gasteiger partial charge is 0.259 e. The molecule has 10 heteroatoms. The summed E-state index contributed by atoms with van der Waals surface area (Å²) in [6, 6.07) is 6.22. The molecule has 2 aromatic heterocycles. The molecule has 0 spiro atoms. The molecule has 1 fully saturated rings. The zero-order chi connectivity index (χ0) is 20.8. The number of aromatic hydroxyl groups is 1. The molecule has 1 N–H and O–H groups in total. The number of rotatable bonds is 3. The number of hydrogen-bond acceptors (Lipinski definition) is 6. The summed E-state index contributed by atoms with van der Waals surface area (Å²) in [6.45, 7) is 4.30. The summed E-state index contributed by atoms with van der Waals surface area (Å²) >= 11 is 0. The molecule has 1 aromatic carbocycles. The van der Waals surface area contributed by atoms with Gasteiger partial charge in [0.15, 0.2) is 5.65 Å². The quantitative estimate of drug-likeness (QED) is 0.689. The number of carbonyl (C=O) groups is 1. The van der Waals surface area contributed by atoms with Gasteiger partial charge in [-0.2, -0.15) is 9.40 Å². The lowest BCUT2D eigenvalue weighted by Gasteiger charge is -2.34. The Hall–Kier alpha value is -2.98. The predicted octanol–water partition coefficient (Wildman–Crippen LogP) is 1.20. The van der Waals surface area contributed by atoms with Gasteiger partial charge in [0.1, 0.15) is 16.2 Å². The zero-order valence-electron chi connectivity index (χ0n) is 16.1. The lowest BCUT2D eigenvalue weighted by Crippen LogP contribution is -2.50. The van der Waals surface area contributed by atoms with Crippen molar-refractivity contribution in [2.45, 2.75) is 18.7 Å². The highest BCUT2D eigenvalue weighted by Crippen LogP contribution is 2.27. The Morgan fingerprint density at radius 2 is 1.86 bits per heavy atom. The fraction of sp³-hybridized carbons (Fsp3) is 0.316. The van der Waals surface area contributed by atoms with Crippen molar-refractivity contribution >= 4 is 21.6 Å². The van der Waals surface area contributed by atoms with Gasteiger partial charge in [-0.15, -0.1) is 0 Å². The molecule has 0 bridgehead atoms. The number of hydrogen-bond donors (Lipinski definition) is 1. The molecule has 0 saturated carbocycles. The number of amides is 1. The van der Waals surface area contributed by atoms with Crippen LogP contribution in [0.1, 0.15) is 21.6 Å². The van der Waals surface area contributed by atoms with Crippen LogP contribution in [0.4, 0.5) is 0 Å². The van der Waals surface area contributed by atoms with E-state index in [2.05, 4.69) is 10.1 Å². The summed E-state index contributed by atoms with van der Waals surface area (Å²) < 4.78 is 28.7. The lowest BCUT2D eigenvalue weighted by atomic mass is 10.2. The van der Waals surface area contributed by atoms with Gasteiger partial charge >= 0.3 is 0 Å². The largest absolute Gasteiger partial charge is 0.507 e. The first kappa shape index (κ1) is 19.3. The number of aryl methyl sites for hydroxylation is 2. The molecule has 4 rings (SSSR count). The van der Waals surface area contributed by atoms with Gasteiger partial charge in [0.2, 0.25) is 10.0 Å². The van der Waals surface area contributed by atoms with E-state index in [-0.39, 0.29) is 42.7 Å². The van der Waals surface area contributed by atoms with E-state index >= 15 is 0 Å². The molecule has 152 valence electrons.